The third kappa shape index (κ3) is 6.28. The van der Waals surface area contributed by atoms with Gasteiger partial charge in [0.05, 0.1) is 14.2 Å². The van der Waals surface area contributed by atoms with Crippen molar-refractivity contribution in [3.05, 3.63) is 57.6 Å². The second-order valence-electron chi connectivity index (χ2n) is 7.49. The molecule has 0 radical (unpaired) electrons. The van der Waals surface area contributed by atoms with Crippen molar-refractivity contribution in [1.29, 1.82) is 0 Å². The number of carbonyl (C=O) groups is 2. The highest BCUT2D eigenvalue weighted by Gasteiger charge is 2.28. The van der Waals surface area contributed by atoms with Crippen LogP contribution in [0.1, 0.15) is 28.8 Å². The summed E-state index contributed by atoms with van der Waals surface area (Å²) >= 11 is 12.0. The lowest BCUT2D eigenvalue weighted by Gasteiger charge is -2.31. The van der Waals surface area contributed by atoms with Crippen LogP contribution in [0.5, 0.6) is 11.5 Å². The zero-order valence-electron chi connectivity index (χ0n) is 17.6. The lowest BCUT2D eigenvalue weighted by atomic mass is 9.95. The van der Waals surface area contributed by atoms with Crippen LogP contribution in [0.3, 0.4) is 0 Å². The van der Waals surface area contributed by atoms with Gasteiger partial charge in [-0.15, -0.1) is 0 Å². The molecule has 2 aromatic carbocycles. The molecular formula is C23H26Cl2N2O4. The van der Waals surface area contributed by atoms with Crippen LogP contribution in [0.25, 0.3) is 0 Å². The van der Waals surface area contributed by atoms with E-state index in [1.54, 1.807) is 43.4 Å². The summed E-state index contributed by atoms with van der Waals surface area (Å²) in [5, 5.41) is 4.15. The second kappa shape index (κ2) is 10.7. The Kier molecular flexibility index (Phi) is 8.04. The number of rotatable bonds is 7. The van der Waals surface area contributed by atoms with Crippen LogP contribution in [0, 0.1) is 5.92 Å². The van der Waals surface area contributed by atoms with Crippen LogP contribution in [0.2, 0.25) is 10.0 Å². The molecule has 1 saturated heterocycles. The maximum Gasteiger partial charge on any atom is 0.254 e. The quantitative estimate of drug-likeness (QED) is 0.665. The van der Waals surface area contributed by atoms with Gasteiger partial charge in [-0.1, -0.05) is 23.2 Å². The van der Waals surface area contributed by atoms with Crippen molar-refractivity contribution in [2.24, 2.45) is 5.92 Å². The number of nitrogens with one attached hydrogen (secondary N) is 1. The van der Waals surface area contributed by atoms with E-state index in [0.29, 0.717) is 66.0 Å². The largest absolute Gasteiger partial charge is 0.497 e. The fourth-order valence-electron chi connectivity index (χ4n) is 3.69. The number of halogens is 2. The van der Waals surface area contributed by atoms with Crippen molar-refractivity contribution in [3.63, 3.8) is 0 Å². The molecule has 2 aromatic rings. The molecule has 8 heteroatoms. The van der Waals surface area contributed by atoms with E-state index in [1.807, 2.05) is 12.1 Å². The summed E-state index contributed by atoms with van der Waals surface area (Å²) in [5.74, 6) is 0.958. The van der Waals surface area contributed by atoms with Gasteiger partial charge in [0.2, 0.25) is 5.91 Å². The molecule has 0 aliphatic carbocycles. The van der Waals surface area contributed by atoms with Gasteiger partial charge in [-0.05, 0) is 55.2 Å². The van der Waals surface area contributed by atoms with E-state index in [0.717, 1.165) is 5.56 Å². The standard InChI is InChI=1S/C23H26Cl2N2O4/c1-30-20-11-17(12-21(14-20)31-2)23(29)27-7-4-16(5-8-27)22(28)26-6-3-15-9-18(24)13-19(25)10-15/h9-14,16H,3-8H2,1-2H3,(H,26,28). The Balaban J connectivity index is 1.49. The average Bonchev–Trinajstić information content (AvgIpc) is 2.77. The molecule has 1 aliphatic heterocycles. The highest BCUT2D eigenvalue weighted by Crippen LogP contribution is 2.25. The third-order valence-electron chi connectivity index (χ3n) is 5.39. The van der Waals surface area contributed by atoms with Gasteiger partial charge >= 0.3 is 0 Å². The van der Waals surface area contributed by atoms with E-state index in [-0.39, 0.29) is 17.7 Å². The summed E-state index contributed by atoms with van der Waals surface area (Å²) in [4.78, 5) is 27.2. The summed E-state index contributed by atoms with van der Waals surface area (Å²) in [6.45, 7) is 1.57. The number of nitrogens with zero attached hydrogens (tertiary/aromatic N) is 1. The molecule has 0 bridgehead atoms. The van der Waals surface area contributed by atoms with Crippen LogP contribution in [-0.2, 0) is 11.2 Å². The van der Waals surface area contributed by atoms with Gasteiger partial charge < -0.3 is 19.7 Å². The van der Waals surface area contributed by atoms with Gasteiger partial charge in [0, 0.05) is 47.2 Å². The first-order valence-corrected chi connectivity index (χ1v) is 10.9. The molecule has 1 N–H and O–H groups in total. The van der Waals surface area contributed by atoms with E-state index in [4.69, 9.17) is 32.7 Å². The van der Waals surface area contributed by atoms with Crippen LogP contribution in [-0.4, -0.2) is 50.6 Å². The summed E-state index contributed by atoms with van der Waals surface area (Å²) in [6, 6.07) is 10.5. The van der Waals surface area contributed by atoms with Crippen molar-refractivity contribution in [1.82, 2.24) is 10.2 Å². The maximum absolute atomic E-state index is 12.9. The molecule has 6 nitrogen and oxygen atoms in total. The number of likely N-dealkylation sites (tertiary alicyclic amines) is 1. The van der Waals surface area contributed by atoms with Gasteiger partial charge in [0.25, 0.3) is 5.91 Å². The van der Waals surface area contributed by atoms with Crippen molar-refractivity contribution >= 4 is 35.0 Å². The molecule has 0 unspecified atom stereocenters. The molecule has 1 heterocycles. The Bertz CT molecular complexity index is 901. The molecule has 166 valence electrons. The molecular weight excluding hydrogens is 439 g/mol. The number of benzene rings is 2. The molecule has 31 heavy (non-hydrogen) atoms. The Hall–Kier alpha value is -2.44. The average molecular weight is 465 g/mol. The number of hydrogen-bond acceptors (Lipinski definition) is 4. The van der Waals surface area contributed by atoms with E-state index < -0.39 is 0 Å². The normalized spacial score (nSPS) is 14.3. The molecule has 0 atom stereocenters. The monoisotopic (exact) mass is 464 g/mol. The number of ether oxygens (including phenoxy) is 2. The van der Waals surface area contributed by atoms with E-state index in [2.05, 4.69) is 5.32 Å². The highest BCUT2D eigenvalue weighted by molar-refractivity contribution is 6.34. The third-order valence-corrected chi connectivity index (χ3v) is 5.82. The van der Waals surface area contributed by atoms with Crippen molar-refractivity contribution in [2.75, 3.05) is 33.9 Å². The smallest absolute Gasteiger partial charge is 0.254 e. The Morgan fingerprint density at radius 1 is 0.968 bits per heavy atom. The van der Waals surface area contributed by atoms with E-state index >= 15 is 0 Å². The second-order valence-corrected chi connectivity index (χ2v) is 8.36. The summed E-state index contributed by atoms with van der Waals surface area (Å²) in [5.41, 5.74) is 1.49. The minimum absolute atomic E-state index is 0.0169. The van der Waals surface area contributed by atoms with Crippen molar-refractivity contribution < 1.29 is 19.1 Å². The summed E-state index contributed by atoms with van der Waals surface area (Å²) in [6.07, 6.45) is 1.91. The predicted octanol–water partition coefficient (Wildman–Crippen LogP) is 4.22. The lowest BCUT2D eigenvalue weighted by molar-refractivity contribution is -0.126. The molecule has 2 amide bonds. The first kappa shape index (κ1) is 23.2. The molecule has 0 saturated carbocycles. The Morgan fingerprint density at radius 2 is 1.55 bits per heavy atom. The summed E-state index contributed by atoms with van der Waals surface area (Å²) < 4.78 is 10.5. The van der Waals surface area contributed by atoms with Crippen molar-refractivity contribution in [2.45, 2.75) is 19.3 Å². The minimum Gasteiger partial charge on any atom is -0.497 e. The SMILES string of the molecule is COc1cc(OC)cc(C(=O)N2CCC(C(=O)NCCc3cc(Cl)cc(Cl)c3)CC2)c1. The predicted molar refractivity (Wildman–Crippen MR) is 121 cm³/mol. The number of methoxy groups -OCH3 is 2. The van der Waals surface area contributed by atoms with Crippen LogP contribution in [0.15, 0.2) is 36.4 Å². The van der Waals surface area contributed by atoms with E-state index in [9.17, 15) is 9.59 Å². The molecule has 1 fully saturated rings. The highest BCUT2D eigenvalue weighted by atomic mass is 35.5. The summed E-state index contributed by atoms with van der Waals surface area (Å²) in [7, 11) is 3.10. The molecule has 0 spiro atoms. The molecule has 0 aromatic heterocycles. The zero-order chi connectivity index (χ0) is 22.4. The number of hydrogen-bond donors (Lipinski definition) is 1. The minimum atomic E-state index is -0.105. The molecule has 3 rings (SSSR count). The fraction of sp³-hybridized carbons (Fsp3) is 0.391. The van der Waals surface area contributed by atoms with Crippen molar-refractivity contribution in [3.8, 4) is 11.5 Å². The fourth-order valence-corrected chi connectivity index (χ4v) is 4.26. The van der Waals surface area contributed by atoms with Gasteiger partial charge in [-0.3, -0.25) is 9.59 Å². The van der Waals surface area contributed by atoms with Gasteiger partial charge in [-0.25, -0.2) is 0 Å². The number of piperidine rings is 1. The first-order chi connectivity index (χ1) is 14.9. The van der Waals surface area contributed by atoms with Crippen LogP contribution in [0.4, 0.5) is 0 Å². The van der Waals surface area contributed by atoms with Gasteiger partial charge in [0.15, 0.2) is 0 Å². The molecule has 1 aliphatic rings. The van der Waals surface area contributed by atoms with Crippen LogP contribution >= 0.6 is 23.2 Å². The van der Waals surface area contributed by atoms with Crippen LogP contribution < -0.4 is 14.8 Å². The maximum atomic E-state index is 12.9. The Morgan fingerprint density at radius 3 is 2.10 bits per heavy atom. The van der Waals surface area contributed by atoms with Gasteiger partial charge in [-0.2, -0.15) is 0 Å². The number of carbonyl (C=O) groups excluding carboxylic acids is 2. The Labute approximate surface area is 192 Å². The topological polar surface area (TPSA) is 67.9 Å². The first-order valence-electron chi connectivity index (χ1n) is 10.1. The van der Waals surface area contributed by atoms with Gasteiger partial charge in [0.1, 0.15) is 11.5 Å². The van der Waals surface area contributed by atoms with E-state index in [1.165, 1.54) is 0 Å². The number of amides is 2. The zero-order valence-corrected chi connectivity index (χ0v) is 19.1. The lowest BCUT2D eigenvalue weighted by Crippen LogP contribution is -2.43.